The van der Waals surface area contributed by atoms with Crippen molar-refractivity contribution in [2.75, 3.05) is 0 Å². The van der Waals surface area contributed by atoms with Crippen LogP contribution in [0.5, 0.6) is 0 Å². The summed E-state index contributed by atoms with van der Waals surface area (Å²) in [5, 5.41) is 12.6. The highest BCUT2D eigenvalue weighted by molar-refractivity contribution is 5.28. The lowest BCUT2D eigenvalue weighted by Gasteiger charge is -2.22. The summed E-state index contributed by atoms with van der Waals surface area (Å²) in [6.07, 6.45) is 8.60. The van der Waals surface area contributed by atoms with Crippen molar-refractivity contribution in [2.24, 2.45) is 5.92 Å². The van der Waals surface area contributed by atoms with Crippen LogP contribution in [-0.4, -0.2) is 21.0 Å². The number of rotatable bonds is 4. The van der Waals surface area contributed by atoms with Crippen LogP contribution in [0.15, 0.2) is 36.5 Å². The van der Waals surface area contributed by atoms with Gasteiger partial charge in [-0.2, -0.15) is 15.0 Å². The van der Waals surface area contributed by atoms with Crippen LogP contribution in [0.1, 0.15) is 44.7 Å². The molecule has 1 fully saturated rings. The molecule has 21 heavy (non-hydrogen) atoms. The molecule has 0 saturated heterocycles. The van der Waals surface area contributed by atoms with Crippen LogP contribution in [0.3, 0.4) is 0 Å². The predicted molar refractivity (Wildman–Crippen MR) is 84.2 cm³/mol. The zero-order valence-electron chi connectivity index (χ0n) is 12.7. The van der Waals surface area contributed by atoms with E-state index in [0.29, 0.717) is 6.04 Å². The molecule has 1 aliphatic carbocycles. The first-order valence-electron chi connectivity index (χ1n) is 8.03. The highest BCUT2D eigenvalue weighted by Gasteiger charge is 2.19. The molecule has 1 aromatic carbocycles. The van der Waals surface area contributed by atoms with Gasteiger partial charge in [0.05, 0.1) is 17.6 Å². The average Bonchev–Trinajstić information content (AvgIpc) is 2.90. The Kier molecular flexibility index (Phi) is 4.65. The van der Waals surface area contributed by atoms with Crippen LogP contribution in [0.2, 0.25) is 0 Å². The lowest BCUT2D eigenvalue weighted by Crippen LogP contribution is -2.33. The van der Waals surface area contributed by atoms with E-state index >= 15 is 0 Å². The zero-order valence-corrected chi connectivity index (χ0v) is 12.7. The molecule has 2 aromatic rings. The molecule has 1 aromatic heterocycles. The van der Waals surface area contributed by atoms with Gasteiger partial charge in [0.2, 0.25) is 0 Å². The normalized spacial score (nSPS) is 22.9. The van der Waals surface area contributed by atoms with Gasteiger partial charge in [-0.05, 0) is 30.9 Å². The van der Waals surface area contributed by atoms with Crippen LogP contribution in [0, 0.1) is 5.92 Å². The first-order valence-corrected chi connectivity index (χ1v) is 8.03. The first-order chi connectivity index (χ1) is 10.3. The van der Waals surface area contributed by atoms with Crippen molar-refractivity contribution in [3.05, 3.63) is 42.2 Å². The second kappa shape index (κ2) is 6.85. The Bertz CT molecular complexity index is 549. The molecule has 0 radical (unpaired) electrons. The molecule has 1 saturated carbocycles. The molecule has 2 unspecified atom stereocenters. The van der Waals surface area contributed by atoms with Crippen LogP contribution < -0.4 is 5.32 Å². The van der Waals surface area contributed by atoms with Crippen molar-refractivity contribution in [1.29, 1.82) is 0 Å². The fraction of sp³-hybridized carbons (Fsp3) is 0.529. The van der Waals surface area contributed by atoms with Crippen molar-refractivity contribution in [3.8, 4) is 5.69 Å². The number of aromatic nitrogens is 3. The standard InChI is InChI=1S/C17H24N4/c1-14-8-4-2-7-11-17(14)18-12-15-13-19-21(20-15)16-9-5-3-6-10-16/h3,5-6,9-10,13-14,17-18H,2,4,7-8,11-12H2,1H3. The highest BCUT2D eigenvalue weighted by atomic mass is 15.5. The summed E-state index contributed by atoms with van der Waals surface area (Å²) >= 11 is 0. The van der Waals surface area contributed by atoms with Gasteiger partial charge >= 0.3 is 0 Å². The number of nitrogens with one attached hydrogen (secondary N) is 1. The molecule has 1 N–H and O–H groups in total. The van der Waals surface area contributed by atoms with Crippen molar-refractivity contribution in [2.45, 2.75) is 51.6 Å². The molecule has 112 valence electrons. The van der Waals surface area contributed by atoms with Gasteiger partial charge in [0.1, 0.15) is 0 Å². The number of benzene rings is 1. The van der Waals surface area contributed by atoms with E-state index in [-0.39, 0.29) is 0 Å². The SMILES string of the molecule is CC1CCCCCC1NCc1cnn(-c2ccccc2)n1. The summed E-state index contributed by atoms with van der Waals surface area (Å²) in [4.78, 5) is 1.70. The molecule has 3 rings (SSSR count). The minimum absolute atomic E-state index is 0.620. The Balaban J connectivity index is 1.60. The van der Waals surface area contributed by atoms with Crippen molar-refractivity contribution >= 4 is 0 Å². The third kappa shape index (κ3) is 3.70. The minimum Gasteiger partial charge on any atom is -0.308 e. The summed E-state index contributed by atoms with van der Waals surface area (Å²) in [6, 6.07) is 10.7. The molecule has 0 bridgehead atoms. The van der Waals surface area contributed by atoms with E-state index < -0.39 is 0 Å². The number of nitrogens with zero attached hydrogens (tertiary/aromatic N) is 3. The van der Waals surface area contributed by atoms with Gasteiger partial charge in [-0.1, -0.05) is 44.4 Å². The van der Waals surface area contributed by atoms with Crippen molar-refractivity contribution < 1.29 is 0 Å². The maximum absolute atomic E-state index is 4.56. The molecule has 0 amide bonds. The van der Waals surface area contributed by atoms with Gasteiger partial charge in [0.25, 0.3) is 0 Å². The molecule has 0 aliphatic heterocycles. The topological polar surface area (TPSA) is 42.7 Å². The lowest BCUT2D eigenvalue weighted by molar-refractivity contribution is 0.354. The second-order valence-corrected chi connectivity index (χ2v) is 6.06. The fourth-order valence-electron chi connectivity index (χ4n) is 3.09. The summed E-state index contributed by atoms with van der Waals surface area (Å²) in [6.45, 7) is 3.17. The van der Waals surface area contributed by atoms with Crippen LogP contribution in [0.4, 0.5) is 0 Å². The van der Waals surface area contributed by atoms with Crippen molar-refractivity contribution in [3.63, 3.8) is 0 Å². The second-order valence-electron chi connectivity index (χ2n) is 6.06. The Hall–Kier alpha value is -1.68. The Morgan fingerprint density at radius 2 is 1.95 bits per heavy atom. The number of hydrogen-bond donors (Lipinski definition) is 1. The van der Waals surface area contributed by atoms with Crippen LogP contribution >= 0.6 is 0 Å². The first kappa shape index (κ1) is 14.3. The van der Waals surface area contributed by atoms with Gasteiger partial charge in [0.15, 0.2) is 0 Å². The molecule has 2 atom stereocenters. The zero-order chi connectivity index (χ0) is 14.5. The minimum atomic E-state index is 0.620. The van der Waals surface area contributed by atoms with E-state index in [4.69, 9.17) is 0 Å². The monoisotopic (exact) mass is 284 g/mol. The third-order valence-electron chi connectivity index (χ3n) is 4.43. The maximum Gasteiger partial charge on any atom is 0.0969 e. The lowest BCUT2D eigenvalue weighted by atomic mass is 9.97. The molecule has 1 aliphatic rings. The van der Waals surface area contributed by atoms with Gasteiger partial charge < -0.3 is 5.32 Å². The summed E-state index contributed by atoms with van der Waals surface area (Å²) in [5.74, 6) is 0.761. The van der Waals surface area contributed by atoms with Gasteiger partial charge in [-0.25, -0.2) is 0 Å². The quantitative estimate of drug-likeness (QED) is 0.876. The van der Waals surface area contributed by atoms with Crippen LogP contribution in [0.25, 0.3) is 5.69 Å². The summed E-state index contributed by atoms with van der Waals surface area (Å²) in [5.41, 5.74) is 2.02. The Labute approximate surface area is 126 Å². The van der Waals surface area contributed by atoms with Crippen LogP contribution in [-0.2, 0) is 6.54 Å². The fourth-order valence-corrected chi connectivity index (χ4v) is 3.09. The van der Waals surface area contributed by atoms with Crippen molar-refractivity contribution in [1.82, 2.24) is 20.3 Å². The third-order valence-corrected chi connectivity index (χ3v) is 4.43. The van der Waals surface area contributed by atoms with E-state index in [1.54, 1.807) is 4.80 Å². The largest absolute Gasteiger partial charge is 0.308 e. The van der Waals surface area contributed by atoms with Gasteiger partial charge in [0, 0.05) is 12.6 Å². The summed E-state index contributed by atoms with van der Waals surface area (Å²) < 4.78 is 0. The van der Waals surface area contributed by atoms with E-state index in [1.807, 2.05) is 36.5 Å². The smallest absolute Gasteiger partial charge is 0.0969 e. The van der Waals surface area contributed by atoms with Gasteiger partial charge in [-0.15, -0.1) is 0 Å². The van der Waals surface area contributed by atoms with E-state index in [2.05, 4.69) is 22.4 Å². The van der Waals surface area contributed by atoms with E-state index in [9.17, 15) is 0 Å². The molecule has 4 nitrogen and oxygen atoms in total. The molecule has 1 heterocycles. The Morgan fingerprint density at radius 3 is 2.81 bits per heavy atom. The molecule has 4 heteroatoms. The maximum atomic E-state index is 4.56. The van der Waals surface area contributed by atoms with E-state index in [0.717, 1.165) is 23.8 Å². The predicted octanol–water partition coefficient (Wildman–Crippen LogP) is 3.33. The number of hydrogen-bond acceptors (Lipinski definition) is 3. The average molecular weight is 284 g/mol. The highest BCUT2D eigenvalue weighted by Crippen LogP contribution is 2.23. The van der Waals surface area contributed by atoms with E-state index in [1.165, 1.54) is 32.1 Å². The molecular formula is C17H24N4. The number of para-hydroxylation sites is 1. The van der Waals surface area contributed by atoms with Gasteiger partial charge in [-0.3, -0.25) is 0 Å². The molecule has 0 spiro atoms. The summed E-state index contributed by atoms with van der Waals surface area (Å²) in [7, 11) is 0. The molecular weight excluding hydrogens is 260 g/mol. The Morgan fingerprint density at radius 1 is 1.14 bits per heavy atom.